The summed E-state index contributed by atoms with van der Waals surface area (Å²) in [5.74, 6) is 0.701. The highest BCUT2D eigenvalue weighted by atomic mass is 16.5. The van der Waals surface area contributed by atoms with Crippen LogP contribution in [0.15, 0.2) is 36.4 Å². The number of pyridine rings is 1. The van der Waals surface area contributed by atoms with E-state index in [0.29, 0.717) is 12.3 Å². The molecule has 0 bridgehead atoms. The molecule has 0 saturated heterocycles. The van der Waals surface area contributed by atoms with Crippen molar-refractivity contribution in [3.05, 3.63) is 53.3 Å². The van der Waals surface area contributed by atoms with Crippen LogP contribution in [0.2, 0.25) is 0 Å². The van der Waals surface area contributed by atoms with E-state index < -0.39 is 6.10 Å². The highest BCUT2D eigenvalue weighted by Crippen LogP contribution is 2.34. The number of hydrogen-bond donors (Lipinski definition) is 1. The van der Waals surface area contributed by atoms with Gasteiger partial charge in [-0.15, -0.1) is 0 Å². The van der Waals surface area contributed by atoms with Crippen molar-refractivity contribution in [1.29, 1.82) is 0 Å². The molecule has 2 rings (SSSR count). The van der Waals surface area contributed by atoms with E-state index in [1.165, 1.54) is 0 Å². The third kappa shape index (κ3) is 3.52. The van der Waals surface area contributed by atoms with E-state index in [1.807, 2.05) is 50.4 Å². The van der Waals surface area contributed by atoms with Crippen molar-refractivity contribution >= 4 is 5.69 Å². The number of methoxy groups -OCH3 is 1. The Labute approximate surface area is 126 Å². The number of rotatable bonds is 5. The largest absolute Gasteiger partial charge is 0.496 e. The predicted octanol–water partition coefficient (Wildman–Crippen LogP) is 3.09. The number of anilines is 1. The Morgan fingerprint density at radius 2 is 1.95 bits per heavy atom. The molecule has 0 fully saturated rings. The topological polar surface area (TPSA) is 45.6 Å². The molecule has 1 aromatic heterocycles. The van der Waals surface area contributed by atoms with Gasteiger partial charge in [0.2, 0.25) is 0 Å². The molecule has 21 heavy (non-hydrogen) atoms. The summed E-state index contributed by atoms with van der Waals surface area (Å²) in [5.41, 5.74) is 3.75. The number of nitrogens with zero attached hydrogens (tertiary/aromatic N) is 2. The predicted molar refractivity (Wildman–Crippen MR) is 84.7 cm³/mol. The lowest BCUT2D eigenvalue weighted by atomic mass is 10.1. The van der Waals surface area contributed by atoms with Gasteiger partial charge < -0.3 is 14.7 Å². The first-order valence-corrected chi connectivity index (χ1v) is 7.01. The van der Waals surface area contributed by atoms with Crippen molar-refractivity contribution < 1.29 is 9.84 Å². The average molecular weight is 286 g/mol. The van der Waals surface area contributed by atoms with Crippen LogP contribution in [-0.4, -0.2) is 24.2 Å². The van der Waals surface area contributed by atoms with Gasteiger partial charge in [0.1, 0.15) is 5.75 Å². The molecule has 1 atom stereocenters. The van der Waals surface area contributed by atoms with E-state index in [-0.39, 0.29) is 0 Å². The number of ether oxygens (including phenoxy) is 1. The van der Waals surface area contributed by atoms with Crippen LogP contribution < -0.4 is 9.64 Å². The van der Waals surface area contributed by atoms with Crippen LogP contribution in [0.5, 0.6) is 5.75 Å². The molecular weight excluding hydrogens is 264 g/mol. The lowest BCUT2D eigenvalue weighted by Gasteiger charge is -2.25. The van der Waals surface area contributed by atoms with E-state index in [0.717, 1.165) is 22.6 Å². The Balaban J connectivity index is 2.32. The van der Waals surface area contributed by atoms with Crippen molar-refractivity contribution in [3.8, 4) is 5.75 Å². The van der Waals surface area contributed by atoms with Crippen molar-refractivity contribution in [1.82, 2.24) is 4.98 Å². The van der Waals surface area contributed by atoms with Gasteiger partial charge in [0.05, 0.1) is 25.5 Å². The summed E-state index contributed by atoms with van der Waals surface area (Å²) in [4.78, 5) is 6.60. The molecule has 112 valence electrons. The van der Waals surface area contributed by atoms with Crippen LogP contribution in [-0.2, 0) is 6.54 Å². The molecule has 0 saturated carbocycles. The van der Waals surface area contributed by atoms with Crippen LogP contribution in [0, 0.1) is 6.92 Å². The van der Waals surface area contributed by atoms with Crippen LogP contribution in [0.25, 0.3) is 0 Å². The quantitative estimate of drug-likeness (QED) is 0.917. The minimum atomic E-state index is -0.593. The van der Waals surface area contributed by atoms with Gasteiger partial charge in [-0.1, -0.05) is 12.1 Å². The summed E-state index contributed by atoms with van der Waals surface area (Å²) in [6.07, 6.45) is -0.593. The second-order valence-electron chi connectivity index (χ2n) is 5.20. The zero-order chi connectivity index (χ0) is 15.4. The normalized spacial score (nSPS) is 12.0. The molecule has 1 N–H and O–H groups in total. The molecule has 0 radical (unpaired) electrons. The lowest BCUT2D eigenvalue weighted by Crippen LogP contribution is -2.20. The number of aliphatic hydroxyl groups excluding tert-OH is 1. The van der Waals surface area contributed by atoms with E-state index >= 15 is 0 Å². The summed E-state index contributed by atoms with van der Waals surface area (Å²) in [6, 6.07) is 11.8. The van der Waals surface area contributed by atoms with Gasteiger partial charge in [-0.3, -0.25) is 4.98 Å². The van der Waals surface area contributed by atoms with Gasteiger partial charge in [-0.05, 0) is 38.1 Å². The molecule has 2 aromatic rings. The van der Waals surface area contributed by atoms with Crippen molar-refractivity contribution in [2.75, 3.05) is 19.1 Å². The second-order valence-corrected chi connectivity index (χ2v) is 5.20. The molecule has 0 amide bonds. The maximum absolute atomic E-state index is 10.1. The number of hydrogen-bond acceptors (Lipinski definition) is 4. The van der Waals surface area contributed by atoms with Gasteiger partial charge in [0, 0.05) is 24.0 Å². The Morgan fingerprint density at radius 3 is 2.57 bits per heavy atom. The molecule has 4 heteroatoms. The SMILES string of the molecule is COc1cccc(N(C)Cc2cccc(C)n2)c1[C@@H](C)O. The molecule has 0 spiro atoms. The summed E-state index contributed by atoms with van der Waals surface area (Å²) in [5, 5.41) is 10.1. The minimum Gasteiger partial charge on any atom is -0.496 e. The zero-order valence-electron chi connectivity index (χ0n) is 13.0. The Kier molecular flexibility index (Phi) is 4.81. The summed E-state index contributed by atoms with van der Waals surface area (Å²) in [6.45, 7) is 4.41. The molecule has 1 heterocycles. The first-order chi connectivity index (χ1) is 10.0. The van der Waals surface area contributed by atoms with Gasteiger partial charge in [0.25, 0.3) is 0 Å². The summed E-state index contributed by atoms with van der Waals surface area (Å²) >= 11 is 0. The Hall–Kier alpha value is -2.07. The molecule has 0 aliphatic rings. The van der Waals surface area contributed by atoms with Crippen molar-refractivity contribution in [2.45, 2.75) is 26.5 Å². The Morgan fingerprint density at radius 1 is 1.24 bits per heavy atom. The highest BCUT2D eigenvalue weighted by Gasteiger charge is 2.17. The number of benzene rings is 1. The lowest BCUT2D eigenvalue weighted by molar-refractivity contribution is 0.194. The Bertz CT molecular complexity index is 611. The van der Waals surface area contributed by atoms with Gasteiger partial charge >= 0.3 is 0 Å². The van der Waals surface area contributed by atoms with Gasteiger partial charge in [0.15, 0.2) is 0 Å². The van der Waals surface area contributed by atoms with Crippen LogP contribution in [0.3, 0.4) is 0 Å². The molecule has 0 aliphatic heterocycles. The third-order valence-electron chi connectivity index (χ3n) is 3.44. The summed E-state index contributed by atoms with van der Waals surface area (Å²) < 4.78 is 5.36. The average Bonchev–Trinajstić information content (AvgIpc) is 2.46. The van der Waals surface area contributed by atoms with Gasteiger partial charge in [-0.2, -0.15) is 0 Å². The molecular formula is C17H22N2O2. The van der Waals surface area contributed by atoms with Crippen LogP contribution in [0.4, 0.5) is 5.69 Å². The minimum absolute atomic E-state index is 0.593. The van der Waals surface area contributed by atoms with Crippen molar-refractivity contribution in [3.63, 3.8) is 0 Å². The zero-order valence-corrected chi connectivity index (χ0v) is 13.0. The standard InChI is InChI=1S/C17H22N2O2/c1-12-7-5-8-14(18-12)11-19(3)15-9-6-10-16(21-4)17(15)13(2)20/h5-10,13,20H,11H2,1-4H3/t13-/m1/s1. The maximum atomic E-state index is 10.1. The van der Waals surface area contributed by atoms with Gasteiger partial charge in [-0.25, -0.2) is 0 Å². The van der Waals surface area contributed by atoms with Crippen LogP contribution >= 0.6 is 0 Å². The third-order valence-corrected chi connectivity index (χ3v) is 3.44. The molecule has 4 nitrogen and oxygen atoms in total. The smallest absolute Gasteiger partial charge is 0.126 e. The first-order valence-electron chi connectivity index (χ1n) is 7.01. The van der Waals surface area contributed by atoms with E-state index in [9.17, 15) is 5.11 Å². The van der Waals surface area contributed by atoms with Crippen molar-refractivity contribution in [2.24, 2.45) is 0 Å². The van der Waals surface area contributed by atoms with E-state index in [1.54, 1.807) is 14.0 Å². The first kappa shape index (κ1) is 15.3. The van der Waals surface area contributed by atoms with E-state index in [4.69, 9.17) is 4.74 Å². The fourth-order valence-electron chi connectivity index (χ4n) is 2.48. The highest BCUT2D eigenvalue weighted by molar-refractivity contribution is 5.60. The number of aryl methyl sites for hydroxylation is 1. The molecule has 0 aliphatic carbocycles. The summed E-state index contributed by atoms with van der Waals surface area (Å²) in [7, 11) is 3.61. The number of aliphatic hydroxyl groups is 1. The fourth-order valence-corrected chi connectivity index (χ4v) is 2.48. The number of aromatic nitrogens is 1. The molecule has 0 unspecified atom stereocenters. The monoisotopic (exact) mass is 286 g/mol. The molecule has 1 aromatic carbocycles. The maximum Gasteiger partial charge on any atom is 0.126 e. The van der Waals surface area contributed by atoms with E-state index in [2.05, 4.69) is 9.88 Å². The van der Waals surface area contributed by atoms with Crippen LogP contribution in [0.1, 0.15) is 30.0 Å². The second kappa shape index (κ2) is 6.59. The fraction of sp³-hybridized carbons (Fsp3) is 0.353.